The molecule has 1 spiro atoms. The number of esters is 2. The first kappa shape index (κ1) is 50.0. The Labute approximate surface area is 340 Å². The van der Waals surface area contributed by atoms with Crippen molar-refractivity contribution in [2.75, 3.05) is 40.0 Å². The van der Waals surface area contributed by atoms with Crippen LogP contribution in [0.25, 0.3) is 0 Å². The maximum absolute atomic E-state index is 12.5. The predicted octanol–water partition coefficient (Wildman–Crippen LogP) is 13.3. The molecule has 0 radical (unpaired) electrons. The third kappa shape index (κ3) is 26.4. The van der Waals surface area contributed by atoms with Crippen LogP contribution in [0.4, 0.5) is 0 Å². The summed E-state index contributed by atoms with van der Waals surface area (Å²) in [5.74, 6) is 0.927. The highest BCUT2D eigenvalue weighted by molar-refractivity contribution is 5.69. The van der Waals surface area contributed by atoms with E-state index in [0.29, 0.717) is 37.9 Å². The van der Waals surface area contributed by atoms with Crippen molar-refractivity contribution in [1.82, 2.24) is 4.90 Å². The van der Waals surface area contributed by atoms with Crippen LogP contribution in [0.5, 0.6) is 0 Å². The van der Waals surface area contributed by atoms with Crippen LogP contribution >= 0.6 is 0 Å². The fourth-order valence-electron chi connectivity index (χ4n) is 8.66. The Morgan fingerprint density at radius 2 is 1.00 bits per heavy atom. The summed E-state index contributed by atoms with van der Waals surface area (Å²) in [6, 6.07) is 0. The van der Waals surface area contributed by atoms with Gasteiger partial charge in [-0.05, 0) is 70.4 Å². The summed E-state index contributed by atoms with van der Waals surface area (Å²) in [4.78, 5) is 27.4. The second kappa shape index (κ2) is 33.8. The number of hydrogen-bond acceptors (Lipinski definition) is 7. The third-order valence-electron chi connectivity index (χ3n) is 12.6. The highest BCUT2D eigenvalue weighted by Crippen LogP contribution is 2.36. The molecular weight excluding hydrogens is 687 g/mol. The zero-order valence-corrected chi connectivity index (χ0v) is 37.0. The molecule has 324 valence electrons. The van der Waals surface area contributed by atoms with Gasteiger partial charge in [-0.25, -0.2) is 0 Å². The first-order chi connectivity index (χ1) is 26.9. The smallest absolute Gasteiger partial charge is 0.305 e. The van der Waals surface area contributed by atoms with Crippen molar-refractivity contribution in [2.24, 2.45) is 11.8 Å². The van der Waals surface area contributed by atoms with Crippen molar-refractivity contribution in [1.29, 1.82) is 0 Å². The lowest BCUT2D eigenvalue weighted by Gasteiger charge is -2.29. The second-order valence-electron chi connectivity index (χ2n) is 17.6. The molecule has 3 unspecified atom stereocenters. The normalized spacial score (nSPS) is 27.5. The Morgan fingerprint density at radius 1 is 0.564 bits per heavy atom. The summed E-state index contributed by atoms with van der Waals surface area (Å²) >= 11 is 0. The molecule has 2 saturated heterocycles. The van der Waals surface area contributed by atoms with Crippen LogP contribution in [0.2, 0.25) is 0 Å². The van der Waals surface area contributed by atoms with Crippen molar-refractivity contribution in [3.63, 3.8) is 0 Å². The highest BCUT2D eigenvalue weighted by atomic mass is 16.7. The van der Waals surface area contributed by atoms with E-state index < -0.39 is 5.79 Å². The van der Waals surface area contributed by atoms with Gasteiger partial charge in [0.1, 0.15) is 0 Å². The largest absolute Gasteiger partial charge is 0.466 e. The van der Waals surface area contributed by atoms with E-state index in [4.69, 9.17) is 18.9 Å². The number of unbranched alkanes of at least 4 members (excludes halogenated alkanes) is 2. The maximum atomic E-state index is 12.5. The number of hydrogen-bond donors (Lipinski definition) is 0. The van der Waals surface area contributed by atoms with Crippen LogP contribution in [0, 0.1) is 11.8 Å². The molecule has 55 heavy (non-hydrogen) atoms. The zero-order chi connectivity index (χ0) is 39.7. The van der Waals surface area contributed by atoms with Gasteiger partial charge in [-0.3, -0.25) is 9.59 Å². The van der Waals surface area contributed by atoms with Crippen molar-refractivity contribution in [2.45, 2.75) is 245 Å². The van der Waals surface area contributed by atoms with E-state index in [0.717, 1.165) is 90.3 Å². The molecule has 0 saturated carbocycles. The number of cyclic esters (lactones) is 2. The van der Waals surface area contributed by atoms with E-state index >= 15 is 0 Å². The summed E-state index contributed by atoms with van der Waals surface area (Å²) < 4.78 is 24.7. The standard InChI is InChI=1S/C48H91NO6/c1-5-8-28-43-30-22-18-19-23-31-44(29-9-6-2)36-41-53-47(51)33-25-17-13-11-15-21-27-38-48(54-42-45(55-48)34-39-49(4)7-3)37-26-20-14-10-12-16-24-32-46(50)52-40-35-43/h43-45H,5-42H2,1-4H3. The van der Waals surface area contributed by atoms with E-state index in [1.165, 1.54) is 128 Å². The Morgan fingerprint density at radius 3 is 1.45 bits per heavy atom. The van der Waals surface area contributed by atoms with Gasteiger partial charge in [0.25, 0.3) is 0 Å². The number of carbonyl (C=O) groups excluding carboxylic acids is 2. The predicted molar refractivity (Wildman–Crippen MR) is 229 cm³/mol. The Bertz CT molecular complexity index is 857. The average Bonchev–Trinajstić information content (AvgIpc) is 3.59. The lowest BCUT2D eigenvalue weighted by Crippen LogP contribution is -2.32. The summed E-state index contributed by atoms with van der Waals surface area (Å²) in [6.07, 6.45) is 37.7. The van der Waals surface area contributed by atoms with Crippen molar-refractivity contribution in [3.8, 4) is 0 Å². The van der Waals surface area contributed by atoms with Gasteiger partial charge in [0.05, 0.1) is 25.9 Å². The number of ether oxygens (including phenoxy) is 4. The molecule has 0 N–H and O–H groups in total. The first-order valence-corrected chi connectivity index (χ1v) is 24.2. The molecule has 3 atom stereocenters. The zero-order valence-electron chi connectivity index (χ0n) is 37.0. The van der Waals surface area contributed by atoms with Crippen LogP contribution in [0.3, 0.4) is 0 Å². The molecule has 7 nitrogen and oxygen atoms in total. The van der Waals surface area contributed by atoms with Gasteiger partial charge >= 0.3 is 11.9 Å². The van der Waals surface area contributed by atoms with Gasteiger partial charge < -0.3 is 23.8 Å². The fourth-order valence-corrected chi connectivity index (χ4v) is 8.66. The monoisotopic (exact) mass is 778 g/mol. The lowest BCUT2D eigenvalue weighted by atomic mass is 9.90. The summed E-state index contributed by atoms with van der Waals surface area (Å²) in [5, 5.41) is 0. The van der Waals surface area contributed by atoms with Crippen LogP contribution in [0.15, 0.2) is 0 Å². The minimum Gasteiger partial charge on any atom is -0.466 e. The highest BCUT2D eigenvalue weighted by Gasteiger charge is 2.40. The van der Waals surface area contributed by atoms with Crippen LogP contribution in [-0.4, -0.2) is 68.7 Å². The van der Waals surface area contributed by atoms with Crippen molar-refractivity contribution >= 4 is 11.9 Å². The van der Waals surface area contributed by atoms with Crippen LogP contribution in [-0.2, 0) is 28.5 Å². The Hall–Kier alpha value is -1.18. The molecular formula is C48H91NO6. The van der Waals surface area contributed by atoms with Gasteiger partial charge in [0.15, 0.2) is 5.79 Å². The van der Waals surface area contributed by atoms with E-state index in [-0.39, 0.29) is 18.0 Å². The number of nitrogens with zero attached hydrogens (tertiary/aromatic N) is 1. The van der Waals surface area contributed by atoms with E-state index in [9.17, 15) is 9.59 Å². The maximum Gasteiger partial charge on any atom is 0.305 e. The minimum atomic E-state index is -0.404. The van der Waals surface area contributed by atoms with E-state index in [2.05, 4.69) is 32.7 Å². The molecule has 0 aromatic heterocycles. The van der Waals surface area contributed by atoms with Crippen LogP contribution in [0.1, 0.15) is 233 Å². The van der Waals surface area contributed by atoms with Crippen molar-refractivity contribution < 1.29 is 28.5 Å². The molecule has 0 aromatic rings. The molecule has 0 bridgehead atoms. The topological polar surface area (TPSA) is 74.3 Å². The molecule has 2 aliphatic rings. The average molecular weight is 778 g/mol. The quantitative estimate of drug-likeness (QED) is 0.204. The third-order valence-corrected chi connectivity index (χ3v) is 12.6. The first-order valence-electron chi connectivity index (χ1n) is 24.2. The summed E-state index contributed by atoms with van der Waals surface area (Å²) in [7, 11) is 2.18. The molecule has 7 heteroatoms. The van der Waals surface area contributed by atoms with Gasteiger partial charge in [-0.15, -0.1) is 0 Å². The van der Waals surface area contributed by atoms with E-state index in [1.54, 1.807) is 0 Å². The molecule has 2 aliphatic heterocycles. The fraction of sp³-hybridized carbons (Fsp3) is 0.958. The number of carbonyl (C=O) groups is 2. The SMILES string of the molecule is CCCCC1CCCCCCC(CCCC)CCOC(=O)CCCCCCCCCC2(CCCCCCCCCC(=O)OCC1)OCC(CCN(C)CC)O2. The Balaban J connectivity index is 1.85. The minimum absolute atomic E-state index is 0.00383. The van der Waals surface area contributed by atoms with Gasteiger partial charge in [0, 0.05) is 32.2 Å². The lowest BCUT2D eigenvalue weighted by molar-refractivity contribution is -0.180. The molecule has 0 aromatic carbocycles. The summed E-state index contributed by atoms with van der Waals surface area (Å²) in [6.45, 7) is 10.8. The molecule has 2 heterocycles. The van der Waals surface area contributed by atoms with Gasteiger partial charge in [-0.1, -0.05) is 162 Å². The number of rotatable bonds is 10. The Kier molecular flexibility index (Phi) is 30.7. The molecule has 2 fully saturated rings. The molecule has 0 amide bonds. The van der Waals surface area contributed by atoms with Gasteiger partial charge in [-0.2, -0.15) is 0 Å². The molecule has 2 rings (SSSR count). The molecule has 0 aliphatic carbocycles. The van der Waals surface area contributed by atoms with Crippen molar-refractivity contribution in [3.05, 3.63) is 0 Å². The van der Waals surface area contributed by atoms with E-state index in [1.807, 2.05) is 0 Å². The van der Waals surface area contributed by atoms with Crippen LogP contribution < -0.4 is 0 Å². The summed E-state index contributed by atoms with van der Waals surface area (Å²) in [5.41, 5.74) is 0. The second-order valence-corrected chi connectivity index (χ2v) is 17.6. The van der Waals surface area contributed by atoms with Gasteiger partial charge in [0.2, 0.25) is 0 Å².